The van der Waals surface area contributed by atoms with Crippen molar-refractivity contribution < 1.29 is 24.3 Å². The Kier molecular flexibility index (Phi) is 2.19. The molecule has 0 aliphatic rings. The molecule has 2 heteroatoms. The van der Waals surface area contributed by atoms with Gasteiger partial charge in [0, 0.05) is 0 Å². The van der Waals surface area contributed by atoms with Crippen molar-refractivity contribution in [1.82, 2.24) is 0 Å². The molecule has 1 nitrogen and oxygen atoms in total. The predicted octanol–water partition coefficient (Wildman–Crippen LogP) is -0.129. The van der Waals surface area contributed by atoms with E-state index in [2.05, 4.69) is 19.2 Å². The average molecular weight is 151 g/mol. The van der Waals surface area contributed by atoms with Crippen LogP contribution in [0.3, 0.4) is 0 Å². The molecular formula is C2H5OPd. The van der Waals surface area contributed by atoms with E-state index in [0.717, 1.165) is 0 Å². The molecule has 0 heterocycles. The van der Waals surface area contributed by atoms with E-state index in [9.17, 15) is 0 Å². The normalized spacial score (nSPS) is 16.0. The Morgan fingerprint density at radius 2 is 2.00 bits per heavy atom. The summed E-state index contributed by atoms with van der Waals surface area (Å²) in [7, 11) is 0. The number of hydrogen-bond acceptors (Lipinski definition) is 1. The van der Waals surface area contributed by atoms with Gasteiger partial charge < -0.3 is 0 Å². The summed E-state index contributed by atoms with van der Waals surface area (Å²) in [6.07, 6.45) is 0. The molecule has 4 heavy (non-hydrogen) atoms. The monoisotopic (exact) mass is 151 g/mol. The molecule has 1 atom stereocenters. The summed E-state index contributed by atoms with van der Waals surface area (Å²) in [6.45, 7) is 1.66. The van der Waals surface area contributed by atoms with Crippen LogP contribution in [0, 0.1) is 0 Å². The molecule has 0 aliphatic heterocycles. The van der Waals surface area contributed by atoms with E-state index in [0.29, 0.717) is 0 Å². The van der Waals surface area contributed by atoms with Gasteiger partial charge in [0.05, 0.1) is 0 Å². The van der Waals surface area contributed by atoms with Crippen molar-refractivity contribution >= 4 is 0 Å². The third-order valence-electron chi connectivity index (χ3n) is 0. The molecule has 29 valence electrons. The van der Waals surface area contributed by atoms with Crippen LogP contribution in [0.4, 0.5) is 0 Å². The average Bonchev–Trinajstić information content (AvgIpc) is 0.811. The fraction of sp³-hybridized carbons (Fsp3) is 1.00. The van der Waals surface area contributed by atoms with Gasteiger partial charge in [0.1, 0.15) is 0 Å². The van der Waals surface area contributed by atoms with Crippen LogP contribution in [-0.4, -0.2) is 9.68 Å². The van der Waals surface area contributed by atoms with E-state index in [4.69, 9.17) is 5.11 Å². The maximum absolute atomic E-state index is 7.99. The van der Waals surface area contributed by atoms with Crippen molar-refractivity contribution in [3.63, 3.8) is 0 Å². The topological polar surface area (TPSA) is 20.2 Å². The van der Waals surface area contributed by atoms with Crippen LogP contribution >= 0.6 is 0 Å². The molecule has 0 aromatic rings. The molecule has 0 spiro atoms. The molecule has 0 saturated heterocycles. The van der Waals surface area contributed by atoms with Crippen LogP contribution in [0.1, 0.15) is 6.92 Å². The first kappa shape index (κ1) is 4.62. The molecule has 0 aromatic carbocycles. The van der Waals surface area contributed by atoms with Crippen LogP contribution < -0.4 is 0 Å². The number of aliphatic hydroxyl groups is 1. The first-order chi connectivity index (χ1) is 1.73. The molecule has 0 radical (unpaired) electrons. The van der Waals surface area contributed by atoms with Crippen molar-refractivity contribution in [3.8, 4) is 0 Å². The quantitative estimate of drug-likeness (QED) is 0.479. The minimum absolute atomic E-state index is 0.317. The van der Waals surface area contributed by atoms with E-state index in [1.54, 1.807) is 6.92 Å². The van der Waals surface area contributed by atoms with E-state index >= 15 is 0 Å². The van der Waals surface area contributed by atoms with Crippen molar-refractivity contribution in [2.24, 2.45) is 0 Å². The summed E-state index contributed by atoms with van der Waals surface area (Å²) >= 11 is 2.61. The van der Waals surface area contributed by atoms with Crippen LogP contribution in [0.2, 0.25) is 0 Å². The maximum atomic E-state index is 7.99. The van der Waals surface area contributed by atoms with Gasteiger partial charge in [-0.25, -0.2) is 0 Å². The Balaban J connectivity index is 2.32. The van der Waals surface area contributed by atoms with Gasteiger partial charge in [-0.2, -0.15) is 0 Å². The molecule has 0 aromatic heterocycles. The van der Waals surface area contributed by atoms with Gasteiger partial charge in [-0.15, -0.1) is 0 Å². The van der Waals surface area contributed by atoms with Crippen molar-refractivity contribution in [2.45, 2.75) is 11.5 Å². The Labute approximate surface area is 36.4 Å². The number of aliphatic hydroxyl groups excluding tert-OH is 1. The third kappa shape index (κ3) is 17.8. The van der Waals surface area contributed by atoms with Crippen LogP contribution in [0.5, 0.6) is 0 Å². The van der Waals surface area contributed by atoms with Crippen LogP contribution in [0.15, 0.2) is 0 Å². The van der Waals surface area contributed by atoms with Crippen molar-refractivity contribution in [1.29, 1.82) is 0 Å². The third-order valence-corrected chi connectivity index (χ3v) is 0. The van der Waals surface area contributed by atoms with E-state index in [1.165, 1.54) is 0 Å². The Bertz CT molecular complexity index is 10.8. The van der Waals surface area contributed by atoms with Gasteiger partial charge in [0.15, 0.2) is 0 Å². The molecule has 1 N–H and O–H groups in total. The summed E-state index contributed by atoms with van der Waals surface area (Å²) < 4.78 is -0.317. The second-order valence-corrected chi connectivity index (χ2v) is 1.82. The summed E-state index contributed by atoms with van der Waals surface area (Å²) in [6, 6.07) is 0. The van der Waals surface area contributed by atoms with Crippen molar-refractivity contribution in [2.75, 3.05) is 0 Å². The SMILES string of the molecule is C[CH](O)[Pd]. The Morgan fingerprint density at radius 1 is 2.00 bits per heavy atom. The molecule has 0 aliphatic carbocycles. The standard InChI is InChI=1S/C2H5O.Pd/c1-2-3;/h2-3H,1H3;. The molecule has 0 fully saturated rings. The van der Waals surface area contributed by atoms with Crippen molar-refractivity contribution in [3.05, 3.63) is 0 Å². The molecule has 0 amide bonds. The first-order valence-corrected chi connectivity index (χ1v) is 1.92. The van der Waals surface area contributed by atoms with Gasteiger partial charge in [-0.05, 0) is 0 Å². The van der Waals surface area contributed by atoms with Gasteiger partial charge in [0.2, 0.25) is 0 Å². The molecular weight excluding hydrogens is 146 g/mol. The van der Waals surface area contributed by atoms with E-state index in [1.807, 2.05) is 0 Å². The summed E-state index contributed by atoms with van der Waals surface area (Å²) in [5, 5.41) is 7.99. The summed E-state index contributed by atoms with van der Waals surface area (Å²) in [5.41, 5.74) is 0. The minimum atomic E-state index is -0.317. The second-order valence-electron chi connectivity index (χ2n) is 0.522. The summed E-state index contributed by atoms with van der Waals surface area (Å²) in [4.78, 5) is 0. The molecule has 1 unspecified atom stereocenters. The van der Waals surface area contributed by atoms with E-state index in [-0.39, 0.29) is 4.58 Å². The molecule has 0 saturated carbocycles. The second kappa shape index (κ2) is 1.90. The van der Waals surface area contributed by atoms with Crippen LogP contribution in [-0.2, 0) is 19.2 Å². The Morgan fingerprint density at radius 3 is 2.00 bits per heavy atom. The zero-order valence-electron chi connectivity index (χ0n) is 2.34. The zero-order valence-corrected chi connectivity index (χ0v) is 3.90. The predicted molar refractivity (Wildman–Crippen MR) is 11.7 cm³/mol. The van der Waals surface area contributed by atoms with Gasteiger partial charge in [0.25, 0.3) is 0 Å². The van der Waals surface area contributed by atoms with Crippen LogP contribution in [0.25, 0.3) is 0 Å². The Hall–Kier alpha value is 0.622. The van der Waals surface area contributed by atoms with Gasteiger partial charge >= 0.3 is 35.8 Å². The molecule has 0 bridgehead atoms. The first-order valence-electron chi connectivity index (χ1n) is 1.02. The zero-order chi connectivity index (χ0) is 3.58. The number of rotatable bonds is 0. The van der Waals surface area contributed by atoms with Gasteiger partial charge in [-0.1, -0.05) is 0 Å². The fourth-order valence-electron chi connectivity index (χ4n) is 0. The van der Waals surface area contributed by atoms with E-state index < -0.39 is 0 Å². The summed E-state index contributed by atoms with van der Waals surface area (Å²) in [5.74, 6) is 0. The fourth-order valence-corrected chi connectivity index (χ4v) is 0. The number of hydrogen-bond donors (Lipinski definition) is 1. The molecule has 0 rings (SSSR count). The van der Waals surface area contributed by atoms with Gasteiger partial charge in [-0.3, -0.25) is 0 Å².